The lowest BCUT2D eigenvalue weighted by molar-refractivity contribution is 0.711. The van der Waals surface area contributed by atoms with Crippen LogP contribution >= 0.6 is 0 Å². The van der Waals surface area contributed by atoms with Gasteiger partial charge in [-0.15, -0.1) is 0 Å². The fourth-order valence-electron chi connectivity index (χ4n) is 0.517. The van der Waals surface area contributed by atoms with Gasteiger partial charge in [0.05, 0.1) is 6.34 Å². The number of hydrogen-bond acceptors (Lipinski definition) is 3. The van der Waals surface area contributed by atoms with Gasteiger partial charge in [-0.05, 0) is 12.2 Å². The van der Waals surface area contributed by atoms with Gasteiger partial charge in [-0.25, -0.2) is 4.99 Å². The summed E-state index contributed by atoms with van der Waals surface area (Å²) in [6.45, 7) is 4.00. The molecule has 3 heteroatoms. The summed E-state index contributed by atoms with van der Waals surface area (Å²) in [5, 5.41) is 0. The number of allylic oxidation sites excluding steroid dienone is 2. The largest absolute Gasteiger partial charge is 0.384 e. The molecule has 0 amide bonds. The maximum atomic E-state index is 5.38. The highest BCUT2D eigenvalue weighted by molar-refractivity contribution is 5.58. The van der Waals surface area contributed by atoms with Crippen LogP contribution in [0.25, 0.3) is 0 Å². The topological polar surface area (TPSA) is 41.6 Å². The van der Waals surface area contributed by atoms with Gasteiger partial charge in [0.2, 0.25) is 0 Å². The minimum absolute atomic E-state index is 0.538. The minimum Gasteiger partial charge on any atom is -0.384 e. The van der Waals surface area contributed by atoms with Gasteiger partial charge >= 0.3 is 0 Å². The zero-order valence-electron chi connectivity index (χ0n) is 7.28. The Bertz CT molecular complexity index is 180. The number of hydrogen-bond donors (Lipinski definition) is 1. The smallest absolute Gasteiger partial charge is 0.125 e. The van der Waals surface area contributed by atoms with Crippen LogP contribution in [-0.4, -0.2) is 18.3 Å². The summed E-state index contributed by atoms with van der Waals surface area (Å²) >= 11 is 0. The molecule has 0 atom stereocenters. The third-order valence-corrected chi connectivity index (χ3v) is 0.977. The number of nitrogens with zero attached hydrogens (tertiary/aromatic N) is 2. The Balaban J connectivity index is 0.000000461. The first-order valence-corrected chi connectivity index (χ1v) is 3.69. The second-order valence-corrected chi connectivity index (χ2v) is 1.84. The molecule has 0 aromatic heterocycles. The Labute approximate surface area is 67.9 Å². The lowest BCUT2D eigenvalue weighted by Crippen LogP contribution is -2.06. The van der Waals surface area contributed by atoms with Crippen molar-refractivity contribution in [3.63, 3.8) is 0 Å². The highest BCUT2D eigenvalue weighted by atomic mass is 15.1. The van der Waals surface area contributed by atoms with Crippen LogP contribution in [0.2, 0.25) is 0 Å². The molecular weight excluding hydrogens is 138 g/mol. The van der Waals surface area contributed by atoms with E-state index in [9.17, 15) is 0 Å². The van der Waals surface area contributed by atoms with E-state index in [1.165, 1.54) is 0 Å². The molecule has 0 aromatic carbocycles. The van der Waals surface area contributed by atoms with Crippen LogP contribution in [-0.2, 0) is 0 Å². The summed E-state index contributed by atoms with van der Waals surface area (Å²) in [5.74, 6) is 0.538. The average molecular weight is 153 g/mol. The number of rotatable bonds is 0. The minimum atomic E-state index is 0.538. The lowest BCUT2D eigenvalue weighted by Gasteiger charge is -2.01. The number of nitrogens with two attached hydrogens (primary N) is 1. The molecule has 2 N–H and O–H groups in total. The molecule has 62 valence electrons. The van der Waals surface area contributed by atoms with Crippen molar-refractivity contribution in [1.29, 1.82) is 0 Å². The molecule has 0 saturated carbocycles. The molecule has 3 nitrogen and oxygen atoms in total. The van der Waals surface area contributed by atoms with Crippen molar-refractivity contribution in [1.82, 2.24) is 4.90 Å². The predicted octanol–water partition coefficient (Wildman–Crippen LogP) is 1.30. The normalized spacial score (nSPS) is 14.8. The molecule has 1 heterocycles. The van der Waals surface area contributed by atoms with Gasteiger partial charge in [0.15, 0.2) is 0 Å². The molecule has 0 fully saturated rings. The average Bonchev–Trinajstić information content (AvgIpc) is 2.20. The van der Waals surface area contributed by atoms with E-state index < -0.39 is 0 Å². The first-order valence-electron chi connectivity index (χ1n) is 3.69. The lowest BCUT2D eigenvalue weighted by atomic mass is 10.5. The third-order valence-electron chi connectivity index (χ3n) is 0.977. The zero-order chi connectivity index (χ0) is 8.69. The highest BCUT2D eigenvalue weighted by Crippen LogP contribution is 1.92. The number of aliphatic imine (C=N–C) groups is 1. The van der Waals surface area contributed by atoms with Gasteiger partial charge in [0.25, 0.3) is 0 Å². The van der Waals surface area contributed by atoms with Crippen LogP contribution in [0.3, 0.4) is 0 Å². The molecule has 0 aromatic rings. The molecule has 0 aliphatic carbocycles. The van der Waals surface area contributed by atoms with E-state index in [1.807, 2.05) is 38.1 Å². The van der Waals surface area contributed by atoms with Crippen LogP contribution < -0.4 is 5.73 Å². The van der Waals surface area contributed by atoms with Gasteiger partial charge in [0.1, 0.15) is 5.82 Å². The van der Waals surface area contributed by atoms with E-state index in [1.54, 1.807) is 12.4 Å². The van der Waals surface area contributed by atoms with E-state index in [0.717, 1.165) is 0 Å². The third kappa shape index (κ3) is 4.19. The Kier molecular flexibility index (Phi) is 4.90. The van der Waals surface area contributed by atoms with Crippen LogP contribution in [0.1, 0.15) is 13.8 Å². The van der Waals surface area contributed by atoms with Crippen molar-refractivity contribution in [2.75, 3.05) is 7.05 Å². The summed E-state index contributed by atoms with van der Waals surface area (Å²) in [5.41, 5.74) is 5.38. The summed E-state index contributed by atoms with van der Waals surface area (Å²) in [4.78, 5) is 5.71. The molecule has 1 aliphatic rings. The molecule has 1 aliphatic heterocycles. The predicted molar refractivity (Wildman–Crippen MR) is 49.0 cm³/mol. The van der Waals surface area contributed by atoms with Gasteiger partial charge in [-0.3, -0.25) is 0 Å². The van der Waals surface area contributed by atoms with E-state index in [-0.39, 0.29) is 0 Å². The first kappa shape index (κ1) is 9.75. The fraction of sp³-hybridized carbons (Fsp3) is 0.375. The molecule has 11 heavy (non-hydrogen) atoms. The standard InChI is InChI=1S/C6H9N3.C2H6/c1-9-4-2-3-6(7)8-5-9;1-2/h2-5H,7H2,1H3;1-2H3. The van der Waals surface area contributed by atoms with Crippen LogP contribution in [0.4, 0.5) is 0 Å². The summed E-state index contributed by atoms with van der Waals surface area (Å²) < 4.78 is 0. The molecule has 0 spiro atoms. The molecule has 0 bridgehead atoms. The highest BCUT2D eigenvalue weighted by Gasteiger charge is 1.87. The maximum Gasteiger partial charge on any atom is 0.125 e. The Morgan fingerprint density at radius 1 is 1.45 bits per heavy atom. The second-order valence-electron chi connectivity index (χ2n) is 1.84. The second kappa shape index (κ2) is 5.53. The van der Waals surface area contributed by atoms with Crippen molar-refractivity contribution in [2.45, 2.75) is 13.8 Å². The van der Waals surface area contributed by atoms with Crippen LogP contribution in [0.15, 0.2) is 29.2 Å². The maximum absolute atomic E-state index is 5.38. The van der Waals surface area contributed by atoms with Crippen molar-refractivity contribution in [2.24, 2.45) is 10.7 Å². The molecule has 0 unspecified atom stereocenters. The van der Waals surface area contributed by atoms with Crippen molar-refractivity contribution < 1.29 is 0 Å². The van der Waals surface area contributed by atoms with Gasteiger partial charge < -0.3 is 10.6 Å². The Morgan fingerprint density at radius 2 is 2.09 bits per heavy atom. The molecule has 0 saturated heterocycles. The van der Waals surface area contributed by atoms with Gasteiger partial charge in [-0.1, -0.05) is 13.8 Å². The first-order chi connectivity index (χ1) is 5.29. The van der Waals surface area contributed by atoms with E-state index >= 15 is 0 Å². The van der Waals surface area contributed by atoms with E-state index in [4.69, 9.17) is 5.73 Å². The SMILES string of the molecule is CC.CN1C=CC=C(N)N=C1. The Morgan fingerprint density at radius 3 is 2.73 bits per heavy atom. The monoisotopic (exact) mass is 153 g/mol. The zero-order valence-corrected chi connectivity index (χ0v) is 7.28. The van der Waals surface area contributed by atoms with Crippen molar-refractivity contribution in [3.05, 3.63) is 24.2 Å². The van der Waals surface area contributed by atoms with Gasteiger partial charge in [0, 0.05) is 13.2 Å². The summed E-state index contributed by atoms with van der Waals surface area (Å²) in [6, 6.07) is 0. The van der Waals surface area contributed by atoms with Crippen molar-refractivity contribution in [3.8, 4) is 0 Å². The fourth-order valence-corrected chi connectivity index (χ4v) is 0.517. The molecule has 0 radical (unpaired) electrons. The van der Waals surface area contributed by atoms with E-state index in [2.05, 4.69) is 4.99 Å². The van der Waals surface area contributed by atoms with Crippen molar-refractivity contribution >= 4 is 6.34 Å². The Hall–Kier alpha value is -1.25. The molecule has 1 rings (SSSR count). The van der Waals surface area contributed by atoms with Crippen LogP contribution in [0.5, 0.6) is 0 Å². The summed E-state index contributed by atoms with van der Waals surface area (Å²) in [7, 11) is 1.90. The van der Waals surface area contributed by atoms with E-state index in [0.29, 0.717) is 5.82 Å². The molecular formula is C8H15N3. The summed E-state index contributed by atoms with van der Waals surface area (Å²) in [6.07, 6.45) is 7.14. The van der Waals surface area contributed by atoms with Gasteiger partial charge in [-0.2, -0.15) is 0 Å². The quantitative estimate of drug-likeness (QED) is 0.570. The van der Waals surface area contributed by atoms with Crippen LogP contribution in [0, 0.1) is 0 Å².